The van der Waals surface area contributed by atoms with Gasteiger partial charge in [0.05, 0.1) is 10.9 Å². The second kappa shape index (κ2) is 3.26. The third kappa shape index (κ3) is 1.52. The first kappa shape index (κ1) is 10.5. The fraction of sp³-hybridized carbons (Fsp3) is 0.100. The Morgan fingerprint density at radius 2 is 1.94 bits per heavy atom. The predicted molar refractivity (Wildman–Crippen MR) is 51.2 cm³/mol. The Morgan fingerprint density at radius 1 is 1.25 bits per heavy atom. The number of pyridine rings is 1. The molecule has 1 aromatic heterocycles. The van der Waals surface area contributed by atoms with Gasteiger partial charge in [-0.1, -0.05) is 6.07 Å². The van der Waals surface area contributed by atoms with Crippen molar-refractivity contribution in [2.45, 2.75) is 6.18 Å². The first-order valence-corrected chi connectivity index (χ1v) is 4.32. The van der Waals surface area contributed by atoms with Crippen LogP contribution in [-0.2, 0) is 6.18 Å². The largest absolute Gasteiger partial charge is 0.507 e. The molecule has 1 aromatic carbocycles. The summed E-state index contributed by atoms with van der Waals surface area (Å²) in [6.07, 6.45) is -4.06. The normalized spacial score (nSPS) is 11.9. The van der Waals surface area contributed by atoms with E-state index in [0.29, 0.717) is 6.20 Å². The van der Waals surface area contributed by atoms with Gasteiger partial charge in [-0.2, -0.15) is 13.2 Å². The molecule has 0 aliphatic carbocycles. The molecule has 0 bridgehead atoms. The first-order valence-electron chi connectivity index (χ1n) is 4.32. The maximum absolute atomic E-state index is 12.6. The second-order valence-electron chi connectivity index (χ2n) is 3.23. The summed E-state index contributed by atoms with van der Waals surface area (Å²) in [4.78, 5) is 13.3. The molecule has 2 aromatic rings. The van der Waals surface area contributed by atoms with Crippen molar-refractivity contribution in [2.75, 3.05) is 0 Å². The van der Waals surface area contributed by atoms with Gasteiger partial charge in [-0.05, 0) is 12.1 Å². The van der Waals surface area contributed by atoms with Crippen LogP contribution in [0.5, 0.6) is 5.75 Å². The molecule has 0 aliphatic rings. The van der Waals surface area contributed by atoms with Crippen LogP contribution in [0.1, 0.15) is 5.56 Å². The number of aromatic hydroxyl groups is 1. The van der Waals surface area contributed by atoms with Crippen molar-refractivity contribution in [3.8, 4) is 5.75 Å². The van der Waals surface area contributed by atoms with Crippen molar-refractivity contribution in [3.05, 3.63) is 40.3 Å². The Labute approximate surface area is 87.2 Å². The van der Waals surface area contributed by atoms with Crippen LogP contribution < -0.4 is 5.56 Å². The molecule has 2 rings (SSSR count). The average molecular weight is 229 g/mol. The van der Waals surface area contributed by atoms with Crippen LogP contribution in [0.3, 0.4) is 0 Å². The number of hydrogen-bond acceptors (Lipinski definition) is 2. The van der Waals surface area contributed by atoms with Gasteiger partial charge in [0, 0.05) is 11.6 Å². The van der Waals surface area contributed by atoms with Gasteiger partial charge in [0.15, 0.2) is 0 Å². The molecule has 0 saturated carbocycles. The molecule has 0 spiro atoms. The minimum atomic E-state index is -4.62. The smallest absolute Gasteiger partial charge is 0.418 e. The molecule has 0 radical (unpaired) electrons. The van der Waals surface area contributed by atoms with Gasteiger partial charge >= 0.3 is 6.18 Å². The Hall–Kier alpha value is -1.98. The van der Waals surface area contributed by atoms with E-state index in [-0.39, 0.29) is 5.39 Å². The van der Waals surface area contributed by atoms with Crippen molar-refractivity contribution < 1.29 is 18.3 Å². The third-order valence-corrected chi connectivity index (χ3v) is 2.21. The van der Waals surface area contributed by atoms with Crippen molar-refractivity contribution in [1.82, 2.24) is 4.98 Å². The number of fused-ring (bicyclic) bond motifs is 1. The Kier molecular flexibility index (Phi) is 2.15. The highest BCUT2D eigenvalue weighted by Crippen LogP contribution is 2.36. The van der Waals surface area contributed by atoms with Crippen LogP contribution in [0.2, 0.25) is 0 Å². The molecule has 0 aliphatic heterocycles. The van der Waals surface area contributed by atoms with E-state index >= 15 is 0 Å². The maximum atomic E-state index is 12.6. The van der Waals surface area contributed by atoms with Crippen LogP contribution in [0.4, 0.5) is 13.2 Å². The highest BCUT2D eigenvalue weighted by atomic mass is 19.4. The topological polar surface area (TPSA) is 53.1 Å². The quantitative estimate of drug-likeness (QED) is 0.727. The second-order valence-corrected chi connectivity index (χ2v) is 3.23. The Bertz CT molecular complexity index is 601. The molecule has 0 atom stereocenters. The molecule has 0 fully saturated rings. The third-order valence-electron chi connectivity index (χ3n) is 2.21. The summed E-state index contributed by atoms with van der Waals surface area (Å²) in [6, 6.07) is 3.65. The van der Waals surface area contributed by atoms with Gasteiger partial charge in [0.2, 0.25) is 0 Å². The SMILES string of the molecule is O=c1[nH]cc(C(F)(F)F)c2c(O)cccc12. The molecule has 6 heteroatoms. The van der Waals surface area contributed by atoms with Crippen molar-refractivity contribution in [3.63, 3.8) is 0 Å². The lowest BCUT2D eigenvalue weighted by molar-refractivity contribution is -0.136. The molecule has 2 N–H and O–H groups in total. The van der Waals surface area contributed by atoms with Crippen LogP contribution in [0, 0.1) is 0 Å². The van der Waals surface area contributed by atoms with Gasteiger partial charge in [0.25, 0.3) is 5.56 Å². The number of benzene rings is 1. The minimum Gasteiger partial charge on any atom is -0.507 e. The van der Waals surface area contributed by atoms with E-state index in [1.807, 2.05) is 4.98 Å². The van der Waals surface area contributed by atoms with Crippen molar-refractivity contribution in [2.24, 2.45) is 0 Å². The predicted octanol–water partition coefficient (Wildman–Crippen LogP) is 2.25. The first-order chi connectivity index (χ1) is 7.41. The molecular formula is C10H6F3NO2. The average Bonchev–Trinajstić information content (AvgIpc) is 2.18. The van der Waals surface area contributed by atoms with Crippen LogP contribution in [0.15, 0.2) is 29.2 Å². The van der Waals surface area contributed by atoms with E-state index in [2.05, 4.69) is 0 Å². The summed E-state index contributed by atoms with van der Waals surface area (Å²) in [5.41, 5.74) is -1.72. The van der Waals surface area contributed by atoms with Crippen LogP contribution in [0.25, 0.3) is 10.8 Å². The Balaban J connectivity index is 2.98. The van der Waals surface area contributed by atoms with E-state index < -0.39 is 28.4 Å². The molecule has 16 heavy (non-hydrogen) atoms. The summed E-state index contributed by atoms with van der Waals surface area (Å²) < 4.78 is 37.8. The highest BCUT2D eigenvalue weighted by Gasteiger charge is 2.34. The van der Waals surface area contributed by atoms with Crippen LogP contribution >= 0.6 is 0 Å². The number of halogens is 3. The lowest BCUT2D eigenvalue weighted by Gasteiger charge is -2.10. The number of rotatable bonds is 0. The number of phenols is 1. The summed E-state index contributed by atoms with van der Waals surface area (Å²) in [5, 5.41) is 8.73. The number of phenolic OH excluding ortho intramolecular Hbond substituents is 1. The zero-order chi connectivity index (χ0) is 11.9. The molecule has 0 saturated heterocycles. The van der Waals surface area contributed by atoms with E-state index in [1.54, 1.807) is 0 Å². The number of nitrogens with one attached hydrogen (secondary N) is 1. The number of aromatic amines is 1. The van der Waals surface area contributed by atoms with Gasteiger partial charge < -0.3 is 10.1 Å². The van der Waals surface area contributed by atoms with Crippen molar-refractivity contribution in [1.29, 1.82) is 0 Å². The zero-order valence-electron chi connectivity index (χ0n) is 7.80. The molecule has 0 unspecified atom stereocenters. The lowest BCUT2D eigenvalue weighted by Crippen LogP contribution is -2.13. The summed E-state index contributed by atoms with van der Waals surface area (Å²) in [7, 11) is 0. The zero-order valence-corrected chi connectivity index (χ0v) is 7.80. The van der Waals surface area contributed by atoms with Crippen LogP contribution in [-0.4, -0.2) is 10.1 Å². The Morgan fingerprint density at radius 3 is 2.56 bits per heavy atom. The molecular weight excluding hydrogens is 223 g/mol. The number of alkyl halides is 3. The standard InChI is InChI=1S/C10H6F3NO2/c11-10(12,13)6-4-14-9(16)5-2-1-3-7(15)8(5)6/h1-4,15H,(H,14,16). The summed E-state index contributed by atoms with van der Waals surface area (Å²) in [6.45, 7) is 0. The van der Waals surface area contributed by atoms with E-state index in [4.69, 9.17) is 0 Å². The number of H-pyrrole nitrogens is 1. The lowest BCUT2D eigenvalue weighted by atomic mass is 10.1. The minimum absolute atomic E-state index is 0.185. The fourth-order valence-corrected chi connectivity index (χ4v) is 1.52. The summed E-state index contributed by atoms with van der Waals surface area (Å²) in [5.74, 6) is -0.559. The van der Waals surface area contributed by atoms with Gasteiger partial charge in [-0.15, -0.1) is 0 Å². The van der Waals surface area contributed by atoms with E-state index in [9.17, 15) is 23.1 Å². The van der Waals surface area contributed by atoms with E-state index in [1.165, 1.54) is 12.1 Å². The highest BCUT2D eigenvalue weighted by molar-refractivity contribution is 5.90. The van der Waals surface area contributed by atoms with Gasteiger partial charge in [-0.25, -0.2) is 0 Å². The molecule has 0 amide bonds. The fourth-order valence-electron chi connectivity index (χ4n) is 1.52. The van der Waals surface area contributed by atoms with Gasteiger partial charge in [0.1, 0.15) is 5.75 Å². The molecule has 3 nitrogen and oxygen atoms in total. The summed E-state index contributed by atoms with van der Waals surface area (Å²) >= 11 is 0. The number of aromatic nitrogens is 1. The van der Waals surface area contributed by atoms with E-state index in [0.717, 1.165) is 6.07 Å². The molecule has 1 heterocycles. The molecule has 84 valence electrons. The van der Waals surface area contributed by atoms with Gasteiger partial charge in [-0.3, -0.25) is 4.79 Å². The monoisotopic (exact) mass is 229 g/mol. The number of hydrogen-bond donors (Lipinski definition) is 2. The van der Waals surface area contributed by atoms with Crippen molar-refractivity contribution >= 4 is 10.8 Å². The maximum Gasteiger partial charge on any atom is 0.418 e.